The molecule has 1 aromatic rings. The van der Waals surface area contributed by atoms with Crippen LogP contribution in [-0.4, -0.2) is 31.1 Å². The molecule has 2 rings (SSSR count). The first-order valence-corrected chi connectivity index (χ1v) is 5.65. The first-order chi connectivity index (χ1) is 7.22. The van der Waals surface area contributed by atoms with Gasteiger partial charge in [-0.3, -0.25) is 4.99 Å². The number of phenolic OH excluding ortho intramolecular Hbond substituents is 1. The van der Waals surface area contributed by atoms with Crippen molar-refractivity contribution >= 4 is 28.4 Å². The van der Waals surface area contributed by atoms with Gasteiger partial charge in [0, 0.05) is 10.1 Å². The number of phenols is 1. The predicted molar refractivity (Wildman–Crippen MR) is 66.8 cm³/mol. The Morgan fingerprint density at radius 3 is 2.93 bits per heavy atom. The molecule has 5 heteroatoms. The summed E-state index contributed by atoms with van der Waals surface area (Å²) in [6, 6.07) is 3.67. The van der Waals surface area contributed by atoms with Crippen LogP contribution < -0.4 is 10.1 Å². The van der Waals surface area contributed by atoms with Crippen molar-refractivity contribution < 1.29 is 9.84 Å². The number of hydrogen-bond acceptors (Lipinski definition) is 4. The Labute approximate surface area is 102 Å². The lowest BCUT2D eigenvalue weighted by molar-refractivity contribution is 0.372. The molecule has 0 aromatic heterocycles. The molecule has 1 aliphatic heterocycles. The van der Waals surface area contributed by atoms with Crippen molar-refractivity contribution in [2.45, 2.75) is 0 Å². The molecule has 0 saturated heterocycles. The fraction of sp³-hybridized carbons (Fsp3) is 0.300. The minimum atomic E-state index is 0.145. The normalized spacial score (nSPS) is 14.7. The second-order valence-electron chi connectivity index (χ2n) is 3.16. The molecular formula is C10H11IN2O2. The largest absolute Gasteiger partial charge is 0.504 e. The van der Waals surface area contributed by atoms with Crippen LogP contribution in [0.15, 0.2) is 17.1 Å². The predicted octanol–water partition coefficient (Wildman–Crippen LogP) is 1.36. The van der Waals surface area contributed by atoms with Gasteiger partial charge >= 0.3 is 0 Å². The van der Waals surface area contributed by atoms with E-state index >= 15 is 0 Å². The summed E-state index contributed by atoms with van der Waals surface area (Å²) in [6.45, 7) is 1.57. The summed E-state index contributed by atoms with van der Waals surface area (Å²) in [5.41, 5.74) is 0.705. The summed E-state index contributed by atoms with van der Waals surface area (Å²) < 4.78 is 6.10. The Kier molecular flexibility index (Phi) is 2.99. The lowest BCUT2D eigenvalue weighted by Gasteiger charge is -2.10. The summed E-state index contributed by atoms with van der Waals surface area (Å²) in [6.07, 6.45) is 0. The molecule has 0 unspecified atom stereocenters. The molecular weight excluding hydrogens is 307 g/mol. The third-order valence-corrected chi connectivity index (χ3v) is 2.81. The Hall–Kier alpha value is -0.980. The van der Waals surface area contributed by atoms with Crippen molar-refractivity contribution in [1.29, 1.82) is 0 Å². The Bertz CT molecular complexity index is 418. The van der Waals surface area contributed by atoms with Crippen LogP contribution in [-0.2, 0) is 0 Å². The van der Waals surface area contributed by atoms with Gasteiger partial charge < -0.3 is 15.2 Å². The number of benzene rings is 1. The van der Waals surface area contributed by atoms with Gasteiger partial charge in [0.1, 0.15) is 5.84 Å². The molecule has 0 saturated carbocycles. The zero-order chi connectivity index (χ0) is 10.8. The number of nitrogens with zero attached hydrogens (tertiary/aromatic N) is 1. The minimum Gasteiger partial charge on any atom is -0.504 e. The first kappa shape index (κ1) is 10.5. The van der Waals surface area contributed by atoms with Crippen molar-refractivity contribution in [3.8, 4) is 11.5 Å². The standard InChI is InChI=1S/C10H11IN2O2/c1-15-8-5-6(11)4-7(9(8)14)10-12-2-3-13-10/h4-5,14H,2-3H2,1H3,(H,12,13). The fourth-order valence-corrected chi connectivity index (χ4v) is 2.08. The van der Waals surface area contributed by atoms with Crippen LogP contribution in [0.3, 0.4) is 0 Å². The number of methoxy groups -OCH3 is 1. The molecule has 1 aromatic carbocycles. The van der Waals surface area contributed by atoms with E-state index in [2.05, 4.69) is 32.9 Å². The maximum atomic E-state index is 9.92. The van der Waals surface area contributed by atoms with Gasteiger partial charge in [-0.1, -0.05) is 0 Å². The van der Waals surface area contributed by atoms with E-state index in [4.69, 9.17) is 4.74 Å². The van der Waals surface area contributed by atoms with E-state index in [0.717, 1.165) is 22.5 Å². The molecule has 0 amide bonds. The molecule has 80 valence electrons. The van der Waals surface area contributed by atoms with Gasteiger partial charge in [-0.15, -0.1) is 0 Å². The van der Waals surface area contributed by atoms with Crippen LogP contribution in [0.25, 0.3) is 0 Å². The Morgan fingerprint density at radius 1 is 1.53 bits per heavy atom. The highest BCUT2D eigenvalue weighted by Gasteiger charge is 2.16. The lowest BCUT2D eigenvalue weighted by Crippen LogP contribution is -2.19. The van der Waals surface area contributed by atoms with Crippen molar-refractivity contribution in [2.24, 2.45) is 4.99 Å². The van der Waals surface area contributed by atoms with Gasteiger partial charge in [-0.2, -0.15) is 0 Å². The molecule has 1 aliphatic rings. The van der Waals surface area contributed by atoms with E-state index in [0.29, 0.717) is 11.3 Å². The van der Waals surface area contributed by atoms with Crippen LogP contribution in [0.2, 0.25) is 0 Å². The molecule has 4 nitrogen and oxygen atoms in total. The monoisotopic (exact) mass is 318 g/mol. The number of aromatic hydroxyl groups is 1. The molecule has 0 fully saturated rings. The number of nitrogens with one attached hydrogen (secondary N) is 1. The molecule has 0 radical (unpaired) electrons. The number of amidine groups is 1. The van der Waals surface area contributed by atoms with Crippen molar-refractivity contribution in [3.63, 3.8) is 0 Å². The highest BCUT2D eigenvalue weighted by atomic mass is 127. The molecule has 0 bridgehead atoms. The van der Waals surface area contributed by atoms with E-state index in [1.54, 1.807) is 13.2 Å². The van der Waals surface area contributed by atoms with Gasteiger partial charge in [0.25, 0.3) is 0 Å². The van der Waals surface area contributed by atoms with Crippen molar-refractivity contribution in [1.82, 2.24) is 5.32 Å². The second kappa shape index (κ2) is 4.26. The Balaban J connectivity index is 2.50. The van der Waals surface area contributed by atoms with Crippen molar-refractivity contribution in [3.05, 3.63) is 21.3 Å². The quantitative estimate of drug-likeness (QED) is 0.810. The van der Waals surface area contributed by atoms with Gasteiger partial charge in [0.2, 0.25) is 0 Å². The van der Waals surface area contributed by atoms with E-state index < -0.39 is 0 Å². The van der Waals surface area contributed by atoms with Gasteiger partial charge in [-0.25, -0.2) is 0 Å². The van der Waals surface area contributed by atoms with Gasteiger partial charge in [0.15, 0.2) is 11.5 Å². The van der Waals surface area contributed by atoms with Gasteiger partial charge in [0.05, 0.1) is 19.2 Å². The topological polar surface area (TPSA) is 53.8 Å². The molecule has 2 N–H and O–H groups in total. The van der Waals surface area contributed by atoms with Gasteiger partial charge in [-0.05, 0) is 34.7 Å². The van der Waals surface area contributed by atoms with E-state index in [9.17, 15) is 5.11 Å². The molecule has 15 heavy (non-hydrogen) atoms. The lowest BCUT2D eigenvalue weighted by atomic mass is 10.1. The number of aliphatic imine (C=N–C) groups is 1. The van der Waals surface area contributed by atoms with E-state index in [1.807, 2.05) is 6.07 Å². The SMILES string of the molecule is COc1cc(I)cc(C2=NCCN2)c1O. The maximum Gasteiger partial charge on any atom is 0.168 e. The third-order valence-electron chi connectivity index (χ3n) is 2.19. The smallest absolute Gasteiger partial charge is 0.168 e. The van der Waals surface area contributed by atoms with Crippen LogP contribution >= 0.6 is 22.6 Å². The zero-order valence-corrected chi connectivity index (χ0v) is 10.4. The van der Waals surface area contributed by atoms with Crippen LogP contribution in [0.4, 0.5) is 0 Å². The molecule has 0 atom stereocenters. The highest BCUT2D eigenvalue weighted by Crippen LogP contribution is 2.32. The summed E-state index contributed by atoms with van der Waals surface area (Å²) in [5.74, 6) is 1.36. The van der Waals surface area contributed by atoms with Crippen LogP contribution in [0.1, 0.15) is 5.56 Å². The van der Waals surface area contributed by atoms with Crippen molar-refractivity contribution in [2.75, 3.05) is 20.2 Å². The van der Waals surface area contributed by atoms with E-state index in [-0.39, 0.29) is 5.75 Å². The van der Waals surface area contributed by atoms with E-state index in [1.165, 1.54) is 0 Å². The van der Waals surface area contributed by atoms with Crippen LogP contribution in [0.5, 0.6) is 11.5 Å². The highest BCUT2D eigenvalue weighted by molar-refractivity contribution is 14.1. The Morgan fingerprint density at radius 2 is 2.33 bits per heavy atom. The average Bonchev–Trinajstić information content (AvgIpc) is 2.74. The average molecular weight is 318 g/mol. The molecule has 0 spiro atoms. The third kappa shape index (κ3) is 2.01. The maximum absolute atomic E-state index is 9.92. The number of hydrogen-bond donors (Lipinski definition) is 2. The molecule has 0 aliphatic carbocycles. The summed E-state index contributed by atoms with van der Waals surface area (Å²) >= 11 is 2.18. The minimum absolute atomic E-state index is 0.145. The summed E-state index contributed by atoms with van der Waals surface area (Å²) in [4.78, 5) is 4.27. The number of ether oxygens (including phenoxy) is 1. The summed E-state index contributed by atoms with van der Waals surface area (Å²) in [5, 5.41) is 13.0. The first-order valence-electron chi connectivity index (χ1n) is 4.57. The summed E-state index contributed by atoms with van der Waals surface area (Å²) in [7, 11) is 1.54. The van der Waals surface area contributed by atoms with Crippen LogP contribution in [0, 0.1) is 3.57 Å². The number of rotatable bonds is 2. The second-order valence-corrected chi connectivity index (χ2v) is 4.41. The molecule has 1 heterocycles. The zero-order valence-electron chi connectivity index (χ0n) is 8.25. The fourth-order valence-electron chi connectivity index (χ4n) is 1.49. The number of halogens is 1.